The summed E-state index contributed by atoms with van der Waals surface area (Å²) in [5, 5.41) is 1.06. The summed E-state index contributed by atoms with van der Waals surface area (Å²) in [5.74, 6) is 0. The fourth-order valence-corrected chi connectivity index (χ4v) is 1.10. The first-order chi connectivity index (χ1) is 5.36. The molecular formula is C9H9NO2. The van der Waals surface area contributed by atoms with Gasteiger partial charge in [-0.05, 0) is 17.5 Å². The first-order valence-corrected chi connectivity index (χ1v) is 3.44. The Hall–Kier alpha value is -1.61. The van der Waals surface area contributed by atoms with Gasteiger partial charge in [-0.1, -0.05) is 18.2 Å². The van der Waals surface area contributed by atoms with Crippen molar-refractivity contribution in [3.8, 4) is 0 Å². The zero-order chi connectivity index (χ0) is 7.68. The van der Waals surface area contributed by atoms with Crippen molar-refractivity contribution in [3.63, 3.8) is 0 Å². The Labute approximate surface area is 69.0 Å². The molecule has 0 aliphatic rings. The molecule has 0 aliphatic heterocycles. The van der Waals surface area contributed by atoms with Crippen molar-refractivity contribution in [2.45, 2.75) is 0 Å². The maximum absolute atomic E-state index is 10.8. The molecule has 62 valence electrons. The van der Waals surface area contributed by atoms with Gasteiger partial charge in [-0.25, -0.2) is 0 Å². The number of aromatic amines is 1. The Morgan fingerprint density at radius 2 is 1.75 bits per heavy atom. The topological polar surface area (TPSA) is 64.4 Å². The molecule has 0 fully saturated rings. The van der Waals surface area contributed by atoms with Gasteiger partial charge in [0.2, 0.25) is 5.56 Å². The number of para-hydroxylation sites is 1. The predicted octanol–water partition coefficient (Wildman–Crippen LogP) is 0.703. The number of hydrogen-bond acceptors (Lipinski definition) is 1. The van der Waals surface area contributed by atoms with Gasteiger partial charge in [-0.2, -0.15) is 0 Å². The minimum absolute atomic E-state index is 0. The lowest BCUT2D eigenvalue weighted by Crippen LogP contribution is -2.01. The Bertz CT molecular complexity index is 433. The number of hydrogen-bond donors (Lipinski definition) is 1. The van der Waals surface area contributed by atoms with Crippen LogP contribution >= 0.6 is 0 Å². The monoisotopic (exact) mass is 163 g/mol. The van der Waals surface area contributed by atoms with Gasteiger partial charge >= 0.3 is 0 Å². The molecule has 3 heteroatoms. The molecule has 2 aromatic rings. The van der Waals surface area contributed by atoms with Gasteiger partial charge in [0, 0.05) is 11.6 Å². The molecule has 0 saturated heterocycles. The quantitative estimate of drug-likeness (QED) is 0.610. The smallest absolute Gasteiger partial charge is 0.248 e. The molecule has 0 unspecified atom stereocenters. The van der Waals surface area contributed by atoms with Crippen molar-refractivity contribution in [1.82, 2.24) is 4.98 Å². The van der Waals surface area contributed by atoms with Gasteiger partial charge in [0.05, 0.1) is 0 Å². The molecule has 0 radical (unpaired) electrons. The van der Waals surface area contributed by atoms with Crippen LogP contribution in [0.15, 0.2) is 41.2 Å². The fourth-order valence-electron chi connectivity index (χ4n) is 1.10. The van der Waals surface area contributed by atoms with Crippen LogP contribution in [0.4, 0.5) is 0 Å². The first-order valence-electron chi connectivity index (χ1n) is 3.44. The summed E-state index contributed by atoms with van der Waals surface area (Å²) in [4.78, 5) is 13.6. The van der Waals surface area contributed by atoms with E-state index in [4.69, 9.17) is 0 Å². The van der Waals surface area contributed by atoms with Gasteiger partial charge in [-0.3, -0.25) is 4.79 Å². The number of fused-ring (bicyclic) bond motifs is 1. The van der Waals surface area contributed by atoms with E-state index in [-0.39, 0.29) is 11.0 Å². The van der Waals surface area contributed by atoms with Crippen LogP contribution in [0.25, 0.3) is 10.9 Å². The van der Waals surface area contributed by atoms with Gasteiger partial charge in [-0.15, -0.1) is 0 Å². The van der Waals surface area contributed by atoms with E-state index >= 15 is 0 Å². The second-order valence-electron chi connectivity index (χ2n) is 2.41. The molecule has 2 rings (SSSR count). The lowest BCUT2D eigenvalue weighted by Gasteiger charge is -1.93. The Morgan fingerprint density at radius 3 is 2.58 bits per heavy atom. The molecule has 0 bridgehead atoms. The molecule has 3 N–H and O–H groups in total. The summed E-state index contributed by atoms with van der Waals surface area (Å²) in [7, 11) is 0. The van der Waals surface area contributed by atoms with Crippen molar-refractivity contribution in [1.29, 1.82) is 0 Å². The minimum Gasteiger partial charge on any atom is -0.412 e. The van der Waals surface area contributed by atoms with Crippen LogP contribution in [-0.4, -0.2) is 10.5 Å². The maximum atomic E-state index is 10.8. The van der Waals surface area contributed by atoms with E-state index in [1.807, 2.05) is 30.3 Å². The Morgan fingerprint density at radius 1 is 1.00 bits per heavy atom. The van der Waals surface area contributed by atoms with Gasteiger partial charge < -0.3 is 10.5 Å². The normalized spacial score (nSPS) is 9.33. The number of nitrogens with one attached hydrogen (secondary N) is 1. The van der Waals surface area contributed by atoms with E-state index in [0.29, 0.717) is 0 Å². The molecule has 12 heavy (non-hydrogen) atoms. The third-order valence-electron chi connectivity index (χ3n) is 1.63. The van der Waals surface area contributed by atoms with Crippen LogP contribution in [0.1, 0.15) is 0 Å². The van der Waals surface area contributed by atoms with Gasteiger partial charge in [0.25, 0.3) is 0 Å². The van der Waals surface area contributed by atoms with Crippen molar-refractivity contribution < 1.29 is 5.48 Å². The maximum Gasteiger partial charge on any atom is 0.248 e. The van der Waals surface area contributed by atoms with E-state index < -0.39 is 0 Å². The van der Waals surface area contributed by atoms with Crippen LogP contribution in [0.5, 0.6) is 0 Å². The fraction of sp³-hybridized carbons (Fsp3) is 0. The largest absolute Gasteiger partial charge is 0.412 e. The van der Waals surface area contributed by atoms with Crippen LogP contribution < -0.4 is 5.56 Å². The summed E-state index contributed by atoms with van der Waals surface area (Å²) < 4.78 is 0. The number of benzene rings is 1. The second kappa shape index (κ2) is 3.19. The zero-order valence-corrected chi connectivity index (χ0v) is 6.37. The molecule has 1 aromatic carbocycles. The SMILES string of the molecule is O.O=c1ccc2ccccc2[nH]1. The standard InChI is InChI=1S/C9H7NO.H2O/c11-9-6-5-7-3-1-2-4-8(7)10-9;/h1-6H,(H,10,11);1H2. The van der Waals surface area contributed by atoms with Crippen LogP contribution in [-0.2, 0) is 0 Å². The van der Waals surface area contributed by atoms with E-state index in [9.17, 15) is 4.79 Å². The number of H-pyrrole nitrogens is 1. The molecule has 0 atom stereocenters. The van der Waals surface area contributed by atoms with E-state index in [0.717, 1.165) is 10.9 Å². The zero-order valence-electron chi connectivity index (χ0n) is 6.37. The van der Waals surface area contributed by atoms with Crippen molar-refractivity contribution in [2.75, 3.05) is 0 Å². The number of pyridine rings is 1. The highest BCUT2D eigenvalue weighted by atomic mass is 16.1. The van der Waals surface area contributed by atoms with Crippen molar-refractivity contribution >= 4 is 10.9 Å². The third-order valence-corrected chi connectivity index (χ3v) is 1.63. The Balaban J connectivity index is 0.000000720. The van der Waals surface area contributed by atoms with Gasteiger partial charge in [0.15, 0.2) is 0 Å². The van der Waals surface area contributed by atoms with Crippen LogP contribution in [0.3, 0.4) is 0 Å². The second-order valence-corrected chi connectivity index (χ2v) is 2.41. The Kier molecular flexibility index (Phi) is 2.26. The highest BCUT2D eigenvalue weighted by Crippen LogP contribution is 2.06. The summed E-state index contributed by atoms with van der Waals surface area (Å²) in [6, 6.07) is 11.0. The molecule has 1 heterocycles. The lowest BCUT2D eigenvalue weighted by atomic mass is 10.2. The minimum atomic E-state index is -0.0521. The molecule has 0 saturated carbocycles. The third kappa shape index (κ3) is 1.35. The van der Waals surface area contributed by atoms with Crippen molar-refractivity contribution in [3.05, 3.63) is 46.8 Å². The van der Waals surface area contributed by atoms with Crippen LogP contribution in [0.2, 0.25) is 0 Å². The summed E-state index contributed by atoms with van der Waals surface area (Å²) in [5.41, 5.74) is 0.837. The highest BCUT2D eigenvalue weighted by molar-refractivity contribution is 5.77. The molecule has 0 spiro atoms. The molecule has 0 amide bonds. The number of aromatic nitrogens is 1. The summed E-state index contributed by atoms with van der Waals surface area (Å²) in [6.07, 6.45) is 0. The number of rotatable bonds is 0. The molecular weight excluding hydrogens is 154 g/mol. The van der Waals surface area contributed by atoms with E-state index in [1.54, 1.807) is 0 Å². The summed E-state index contributed by atoms with van der Waals surface area (Å²) in [6.45, 7) is 0. The average Bonchev–Trinajstić information content (AvgIpc) is 2.04. The highest BCUT2D eigenvalue weighted by Gasteiger charge is 1.89. The first kappa shape index (κ1) is 8.49. The molecule has 3 nitrogen and oxygen atoms in total. The van der Waals surface area contributed by atoms with Crippen LogP contribution in [0, 0.1) is 0 Å². The molecule has 0 aliphatic carbocycles. The summed E-state index contributed by atoms with van der Waals surface area (Å²) >= 11 is 0. The van der Waals surface area contributed by atoms with Crippen molar-refractivity contribution in [2.24, 2.45) is 0 Å². The lowest BCUT2D eigenvalue weighted by molar-refractivity contribution is 0.824. The molecule has 1 aromatic heterocycles. The predicted molar refractivity (Wildman–Crippen MR) is 48.2 cm³/mol. The average molecular weight is 163 g/mol. The van der Waals surface area contributed by atoms with E-state index in [1.165, 1.54) is 6.07 Å². The van der Waals surface area contributed by atoms with E-state index in [2.05, 4.69) is 4.98 Å². The van der Waals surface area contributed by atoms with Gasteiger partial charge in [0.1, 0.15) is 0 Å².